The highest BCUT2D eigenvalue weighted by molar-refractivity contribution is 7.86. The van der Waals surface area contributed by atoms with E-state index in [4.69, 9.17) is 0 Å². The Bertz CT molecular complexity index is 346. The molecule has 2 bridgehead atoms. The van der Waals surface area contributed by atoms with Gasteiger partial charge < -0.3 is 0 Å². The van der Waals surface area contributed by atoms with Crippen molar-refractivity contribution >= 4 is 10.2 Å². The van der Waals surface area contributed by atoms with Crippen molar-refractivity contribution < 1.29 is 12.3 Å². The summed E-state index contributed by atoms with van der Waals surface area (Å²) in [6.45, 7) is 4.53. The molecule has 0 aromatic heterocycles. The van der Waals surface area contributed by atoms with E-state index in [2.05, 4.69) is 13.8 Å². The molecule has 3 aliphatic rings. The Hall–Kier alpha value is -0.120. The molecule has 3 unspecified atom stereocenters. The smallest absolute Gasteiger partial charge is 0.195 e. The fourth-order valence-electron chi connectivity index (χ4n) is 3.60. The zero-order valence-corrected chi connectivity index (χ0v) is 10.2. The van der Waals surface area contributed by atoms with Gasteiger partial charge in [-0.2, -0.15) is 8.42 Å². The number of fused-ring (bicyclic) bond motifs is 2. The zero-order valence-electron chi connectivity index (χ0n) is 9.37. The van der Waals surface area contributed by atoms with E-state index in [1.807, 2.05) is 0 Å². The molecule has 0 N–H and O–H groups in total. The van der Waals surface area contributed by atoms with Crippen LogP contribution in [0.3, 0.4) is 0 Å². The van der Waals surface area contributed by atoms with Gasteiger partial charge in [-0.25, -0.2) is 0 Å². The van der Waals surface area contributed by atoms with Crippen molar-refractivity contribution in [1.82, 2.24) is 0 Å². The topological polar surface area (TPSA) is 34.1 Å². The zero-order chi connectivity index (χ0) is 11.3. The van der Waals surface area contributed by atoms with Crippen molar-refractivity contribution in [1.29, 1.82) is 0 Å². The van der Waals surface area contributed by atoms with Crippen LogP contribution in [0.15, 0.2) is 0 Å². The van der Waals surface area contributed by atoms with Gasteiger partial charge in [0, 0.05) is 0 Å². The summed E-state index contributed by atoms with van der Waals surface area (Å²) in [6.07, 6.45) is 4.03. The van der Waals surface area contributed by atoms with Crippen LogP contribution in [0.1, 0.15) is 39.5 Å². The van der Waals surface area contributed by atoms with Crippen LogP contribution >= 0.6 is 0 Å². The lowest BCUT2D eigenvalue weighted by molar-refractivity contribution is -0.105. The largest absolute Gasteiger partial charge is 0.302 e. The molecule has 0 aliphatic heterocycles. The third-order valence-electron chi connectivity index (χ3n) is 4.73. The summed E-state index contributed by atoms with van der Waals surface area (Å²) in [5.74, 6) is 1.59. The first-order valence-electron chi connectivity index (χ1n) is 5.73. The van der Waals surface area contributed by atoms with Crippen molar-refractivity contribution in [3.8, 4) is 0 Å². The third-order valence-corrected chi connectivity index (χ3v) is 5.46. The molecule has 0 spiro atoms. The molecule has 0 heterocycles. The van der Waals surface area contributed by atoms with Gasteiger partial charge in [0.05, 0.1) is 5.75 Å². The Kier molecular flexibility index (Phi) is 2.61. The van der Waals surface area contributed by atoms with Gasteiger partial charge >= 0.3 is 10.2 Å². The molecular formula is C11H19FO2S. The predicted molar refractivity (Wildman–Crippen MR) is 57.6 cm³/mol. The molecule has 3 saturated carbocycles. The number of hydrogen-bond acceptors (Lipinski definition) is 2. The first-order valence-corrected chi connectivity index (χ1v) is 7.28. The summed E-state index contributed by atoms with van der Waals surface area (Å²) in [6, 6.07) is 0. The van der Waals surface area contributed by atoms with Crippen LogP contribution in [-0.4, -0.2) is 14.2 Å². The Morgan fingerprint density at radius 3 is 2.47 bits per heavy atom. The minimum Gasteiger partial charge on any atom is -0.195 e. The van der Waals surface area contributed by atoms with Gasteiger partial charge in [0.2, 0.25) is 0 Å². The molecule has 3 rings (SSSR count). The molecule has 3 aliphatic carbocycles. The van der Waals surface area contributed by atoms with Gasteiger partial charge in [-0.1, -0.05) is 13.8 Å². The summed E-state index contributed by atoms with van der Waals surface area (Å²) in [5, 5.41) is 0. The number of hydrogen-bond donors (Lipinski definition) is 0. The fraction of sp³-hybridized carbons (Fsp3) is 1.00. The summed E-state index contributed by atoms with van der Waals surface area (Å²) < 4.78 is 33.4. The Labute approximate surface area is 91.5 Å². The Morgan fingerprint density at radius 1 is 1.33 bits per heavy atom. The van der Waals surface area contributed by atoms with E-state index in [1.54, 1.807) is 0 Å². The first kappa shape index (κ1) is 11.4. The summed E-state index contributed by atoms with van der Waals surface area (Å²) in [4.78, 5) is 0. The molecule has 0 aromatic rings. The van der Waals surface area contributed by atoms with Crippen molar-refractivity contribution in [2.45, 2.75) is 39.5 Å². The van der Waals surface area contributed by atoms with E-state index in [-0.39, 0.29) is 5.75 Å². The van der Waals surface area contributed by atoms with E-state index in [9.17, 15) is 12.3 Å². The first-order chi connectivity index (χ1) is 6.81. The van der Waals surface area contributed by atoms with Crippen LogP contribution in [0.2, 0.25) is 0 Å². The van der Waals surface area contributed by atoms with Gasteiger partial charge in [0.1, 0.15) is 0 Å². The van der Waals surface area contributed by atoms with E-state index >= 15 is 0 Å². The van der Waals surface area contributed by atoms with E-state index in [1.165, 1.54) is 12.8 Å². The van der Waals surface area contributed by atoms with Crippen LogP contribution in [0.5, 0.6) is 0 Å². The lowest BCUT2D eigenvalue weighted by Gasteiger charge is -2.60. The van der Waals surface area contributed by atoms with Crippen molar-refractivity contribution in [2.24, 2.45) is 23.2 Å². The Morgan fingerprint density at radius 2 is 2.00 bits per heavy atom. The highest BCUT2D eigenvalue weighted by Gasteiger charge is 2.53. The van der Waals surface area contributed by atoms with Gasteiger partial charge in [-0.3, -0.25) is 0 Å². The quantitative estimate of drug-likeness (QED) is 0.704. The van der Waals surface area contributed by atoms with Gasteiger partial charge in [0.25, 0.3) is 0 Å². The predicted octanol–water partition coefficient (Wildman–Crippen LogP) is 2.75. The molecule has 15 heavy (non-hydrogen) atoms. The molecule has 2 nitrogen and oxygen atoms in total. The highest BCUT2D eigenvalue weighted by Crippen LogP contribution is 2.61. The van der Waals surface area contributed by atoms with Crippen LogP contribution in [0.25, 0.3) is 0 Å². The lowest BCUT2D eigenvalue weighted by Crippen LogP contribution is -2.52. The minimum atomic E-state index is -4.27. The van der Waals surface area contributed by atoms with Crippen molar-refractivity contribution in [3.63, 3.8) is 0 Å². The van der Waals surface area contributed by atoms with Gasteiger partial charge in [0.15, 0.2) is 0 Å². The van der Waals surface area contributed by atoms with Crippen LogP contribution in [0, 0.1) is 23.2 Å². The van der Waals surface area contributed by atoms with Crippen LogP contribution in [-0.2, 0) is 10.2 Å². The van der Waals surface area contributed by atoms with Crippen LogP contribution < -0.4 is 0 Å². The maximum Gasteiger partial charge on any atom is 0.302 e. The molecule has 0 amide bonds. The third kappa shape index (κ3) is 2.05. The summed E-state index contributed by atoms with van der Waals surface area (Å²) in [7, 11) is -4.27. The maximum atomic E-state index is 12.4. The normalized spacial score (nSPS) is 38.5. The molecule has 4 heteroatoms. The second kappa shape index (κ2) is 3.44. The highest BCUT2D eigenvalue weighted by atomic mass is 32.3. The molecule has 0 radical (unpaired) electrons. The SMILES string of the molecule is CC1(C)C2CCC(CCS(=O)(=O)F)C1C2. The maximum absolute atomic E-state index is 12.4. The summed E-state index contributed by atoms with van der Waals surface area (Å²) in [5.41, 5.74) is 0.364. The molecule has 0 saturated heterocycles. The minimum absolute atomic E-state index is 0.283. The standard InChI is InChI=1S/C11H19FO2S/c1-11(2)9-4-3-8(10(11)7-9)5-6-15(12,13)14/h8-10H,3-7H2,1-2H3. The van der Waals surface area contributed by atoms with E-state index in [0.29, 0.717) is 23.7 Å². The lowest BCUT2D eigenvalue weighted by atomic mass is 9.45. The van der Waals surface area contributed by atoms with Gasteiger partial charge in [-0.05, 0) is 48.9 Å². The van der Waals surface area contributed by atoms with E-state index in [0.717, 1.165) is 12.3 Å². The number of rotatable bonds is 3. The van der Waals surface area contributed by atoms with Crippen LogP contribution in [0.4, 0.5) is 3.89 Å². The van der Waals surface area contributed by atoms with E-state index < -0.39 is 10.2 Å². The fourth-order valence-corrected chi connectivity index (χ4v) is 4.18. The second-order valence-corrected chi connectivity index (χ2v) is 7.22. The van der Waals surface area contributed by atoms with Crippen molar-refractivity contribution in [2.75, 3.05) is 5.75 Å². The number of halogens is 1. The molecule has 0 aromatic carbocycles. The average molecular weight is 234 g/mol. The monoisotopic (exact) mass is 234 g/mol. The summed E-state index contributed by atoms with van der Waals surface area (Å²) >= 11 is 0. The molecule has 3 atom stereocenters. The second-order valence-electron chi connectivity index (χ2n) is 5.73. The Balaban J connectivity index is 1.94. The molecule has 88 valence electrons. The van der Waals surface area contributed by atoms with Crippen molar-refractivity contribution in [3.05, 3.63) is 0 Å². The molecular weight excluding hydrogens is 215 g/mol. The molecule has 3 fully saturated rings. The average Bonchev–Trinajstić information content (AvgIpc) is 2.13. The van der Waals surface area contributed by atoms with Gasteiger partial charge in [-0.15, -0.1) is 3.89 Å².